The smallest absolute Gasteiger partial charge is 0.147 e. The van der Waals surface area contributed by atoms with Gasteiger partial charge in [0.05, 0.1) is 5.75 Å². The van der Waals surface area contributed by atoms with Crippen molar-refractivity contribution < 1.29 is 8.42 Å². The van der Waals surface area contributed by atoms with Gasteiger partial charge in [-0.25, -0.2) is 8.42 Å². The summed E-state index contributed by atoms with van der Waals surface area (Å²) in [6, 6.07) is 0. The molecule has 2 nitrogen and oxygen atoms in total. The summed E-state index contributed by atoms with van der Waals surface area (Å²) in [6.07, 6.45) is 5.76. The summed E-state index contributed by atoms with van der Waals surface area (Å²) < 4.78 is 22.2. The van der Waals surface area contributed by atoms with Crippen molar-refractivity contribution in [3.63, 3.8) is 0 Å². The van der Waals surface area contributed by atoms with Gasteiger partial charge in [0.25, 0.3) is 0 Å². The van der Waals surface area contributed by atoms with Crippen LogP contribution in [0.3, 0.4) is 0 Å². The van der Waals surface area contributed by atoms with E-state index in [-0.39, 0.29) is 5.41 Å². The van der Waals surface area contributed by atoms with Crippen LogP contribution in [0.5, 0.6) is 0 Å². The molecule has 2 fully saturated rings. The molecule has 0 heterocycles. The molecule has 0 saturated heterocycles. The Bertz CT molecular complexity index is 313. The van der Waals surface area contributed by atoms with Gasteiger partial charge in [-0.15, -0.1) is 11.6 Å². The Kier molecular flexibility index (Phi) is 2.59. The fourth-order valence-corrected chi connectivity index (χ4v) is 3.94. The van der Waals surface area contributed by atoms with E-state index in [4.69, 9.17) is 11.6 Å². The van der Waals surface area contributed by atoms with E-state index < -0.39 is 9.84 Å². The Balaban J connectivity index is 1.94. The van der Waals surface area contributed by atoms with Crippen molar-refractivity contribution in [1.82, 2.24) is 0 Å². The summed E-state index contributed by atoms with van der Waals surface area (Å²) in [4.78, 5) is 0. The van der Waals surface area contributed by atoms with Gasteiger partial charge in [-0.2, -0.15) is 0 Å². The SMILES string of the molecule is CS(=O)(=O)CCC1(CCl)CC2CC2C1. The van der Waals surface area contributed by atoms with Crippen molar-refractivity contribution in [1.29, 1.82) is 0 Å². The first-order chi connectivity index (χ1) is 6.44. The number of alkyl halides is 1. The van der Waals surface area contributed by atoms with Gasteiger partial charge < -0.3 is 0 Å². The first kappa shape index (κ1) is 10.7. The van der Waals surface area contributed by atoms with E-state index in [1.165, 1.54) is 12.7 Å². The van der Waals surface area contributed by atoms with Crippen LogP contribution in [0.2, 0.25) is 0 Å². The Hall–Kier alpha value is 0.240. The molecule has 0 amide bonds. The maximum absolute atomic E-state index is 11.1. The van der Waals surface area contributed by atoms with Crippen LogP contribution in [0, 0.1) is 17.3 Å². The van der Waals surface area contributed by atoms with E-state index in [0.29, 0.717) is 11.6 Å². The first-order valence-corrected chi connectivity index (χ1v) is 7.77. The Morgan fingerprint density at radius 2 is 1.93 bits per heavy atom. The highest BCUT2D eigenvalue weighted by molar-refractivity contribution is 7.90. The molecule has 82 valence electrons. The zero-order valence-corrected chi connectivity index (χ0v) is 10.1. The van der Waals surface area contributed by atoms with Crippen molar-refractivity contribution in [2.45, 2.75) is 25.7 Å². The molecule has 0 aliphatic heterocycles. The summed E-state index contributed by atoms with van der Waals surface area (Å²) in [6.45, 7) is 0. The molecular weight excluding hydrogens is 220 g/mol. The number of fused-ring (bicyclic) bond motifs is 1. The highest BCUT2D eigenvalue weighted by Gasteiger charge is 2.53. The zero-order chi connectivity index (χ0) is 10.4. The molecule has 2 rings (SSSR count). The molecular formula is C10H17ClO2S. The second kappa shape index (κ2) is 3.38. The molecule has 2 unspecified atom stereocenters. The molecule has 0 N–H and O–H groups in total. The van der Waals surface area contributed by atoms with Crippen molar-refractivity contribution >= 4 is 21.4 Å². The summed E-state index contributed by atoms with van der Waals surface area (Å²) in [5.41, 5.74) is 0.151. The third-order valence-electron chi connectivity index (χ3n) is 3.75. The summed E-state index contributed by atoms with van der Waals surface area (Å²) >= 11 is 5.98. The van der Waals surface area contributed by atoms with E-state index in [1.807, 2.05) is 0 Å². The molecule has 0 spiro atoms. The lowest BCUT2D eigenvalue weighted by Crippen LogP contribution is -2.24. The van der Waals surface area contributed by atoms with Crippen LogP contribution in [0.1, 0.15) is 25.7 Å². The predicted octanol–water partition coefficient (Wildman–Crippen LogP) is 2.08. The summed E-state index contributed by atoms with van der Waals surface area (Å²) in [7, 11) is -2.82. The Labute approximate surface area is 90.9 Å². The predicted molar refractivity (Wildman–Crippen MR) is 58.3 cm³/mol. The van der Waals surface area contributed by atoms with Crippen LogP contribution >= 0.6 is 11.6 Å². The minimum atomic E-state index is -2.82. The van der Waals surface area contributed by atoms with Crippen LogP contribution in [-0.4, -0.2) is 26.3 Å². The zero-order valence-electron chi connectivity index (χ0n) is 8.50. The average molecular weight is 237 g/mol. The van der Waals surface area contributed by atoms with Crippen molar-refractivity contribution in [3.8, 4) is 0 Å². The van der Waals surface area contributed by atoms with E-state index in [1.54, 1.807) is 0 Å². The lowest BCUT2D eigenvalue weighted by atomic mass is 9.82. The summed E-state index contributed by atoms with van der Waals surface area (Å²) in [5, 5.41) is 0. The van der Waals surface area contributed by atoms with Gasteiger partial charge in [0, 0.05) is 12.1 Å². The standard InChI is InChI=1S/C10H17ClO2S/c1-14(12,13)3-2-10(7-11)5-8-4-9(8)6-10/h8-9H,2-7H2,1H3. The molecule has 0 aromatic carbocycles. The number of halogens is 1. The Morgan fingerprint density at radius 1 is 1.36 bits per heavy atom. The van der Waals surface area contributed by atoms with E-state index in [9.17, 15) is 8.42 Å². The quantitative estimate of drug-likeness (QED) is 0.701. The third-order valence-corrected chi connectivity index (χ3v) is 5.26. The highest BCUT2D eigenvalue weighted by Crippen LogP contribution is 2.61. The molecule has 2 aliphatic carbocycles. The maximum Gasteiger partial charge on any atom is 0.147 e. The maximum atomic E-state index is 11.1. The van der Waals surface area contributed by atoms with Gasteiger partial charge in [0.15, 0.2) is 0 Å². The second-order valence-corrected chi connectivity index (χ2v) is 7.70. The number of rotatable bonds is 4. The fourth-order valence-electron chi connectivity index (χ4n) is 2.79. The van der Waals surface area contributed by atoms with Crippen LogP contribution < -0.4 is 0 Å². The molecule has 14 heavy (non-hydrogen) atoms. The molecule has 0 aromatic heterocycles. The summed E-state index contributed by atoms with van der Waals surface area (Å²) in [5.74, 6) is 2.68. The molecule has 0 bridgehead atoms. The van der Waals surface area contributed by atoms with E-state index in [0.717, 1.165) is 31.1 Å². The van der Waals surface area contributed by atoms with Gasteiger partial charge in [-0.3, -0.25) is 0 Å². The molecule has 2 saturated carbocycles. The normalized spacial score (nSPS) is 41.0. The largest absolute Gasteiger partial charge is 0.229 e. The monoisotopic (exact) mass is 236 g/mol. The topological polar surface area (TPSA) is 34.1 Å². The van der Waals surface area contributed by atoms with E-state index >= 15 is 0 Å². The van der Waals surface area contributed by atoms with Crippen LogP contribution in [0.25, 0.3) is 0 Å². The second-order valence-electron chi connectivity index (χ2n) is 5.18. The molecule has 2 atom stereocenters. The van der Waals surface area contributed by atoms with Crippen LogP contribution in [0.4, 0.5) is 0 Å². The van der Waals surface area contributed by atoms with Gasteiger partial charge in [-0.1, -0.05) is 0 Å². The lowest BCUT2D eigenvalue weighted by molar-refractivity contribution is 0.294. The van der Waals surface area contributed by atoms with Gasteiger partial charge >= 0.3 is 0 Å². The van der Waals surface area contributed by atoms with Crippen LogP contribution in [-0.2, 0) is 9.84 Å². The number of hydrogen-bond acceptors (Lipinski definition) is 2. The number of hydrogen-bond donors (Lipinski definition) is 0. The average Bonchev–Trinajstić information content (AvgIpc) is 2.70. The van der Waals surface area contributed by atoms with Crippen molar-refractivity contribution in [3.05, 3.63) is 0 Å². The minimum Gasteiger partial charge on any atom is -0.229 e. The Morgan fingerprint density at radius 3 is 2.36 bits per heavy atom. The molecule has 0 aromatic rings. The molecule has 0 radical (unpaired) electrons. The van der Waals surface area contributed by atoms with Crippen LogP contribution in [0.15, 0.2) is 0 Å². The van der Waals surface area contributed by atoms with Crippen molar-refractivity contribution in [2.24, 2.45) is 17.3 Å². The van der Waals surface area contributed by atoms with Gasteiger partial charge in [0.1, 0.15) is 9.84 Å². The highest BCUT2D eigenvalue weighted by atomic mass is 35.5. The minimum absolute atomic E-state index is 0.151. The first-order valence-electron chi connectivity index (χ1n) is 5.18. The third kappa shape index (κ3) is 2.25. The fraction of sp³-hybridized carbons (Fsp3) is 1.00. The van der Waals surface area contributed by atoms with Crippen molar-refractivity contribution in [2.75, 3.05) is 17.9 Å². The lowest BCUT2D eigenvalue weighted by Gasteiger charge is -2.27. The van der Waals surface area contributed by atoms with Gasteiger partial charge in [-0.05, 0) is 42.9 Å². The van der Waals surface area contributed by atoms with E-state index in [2.05, 4.69) is 0 Å². The number of sulfone groups is 1. The van der Waals surface area contributed by atoms with Gasteiger partial charge in [0.2, 0.25) is 0 Å². The molecule has 2 aliphatic rings. The molecule has 4 heteroatoms.